The first-order valence-corrected chi connectivity index (χ1v) is 12.5. The molecular formula is C30H22N4S. The van der Waals surface area contributed by atoms with Crippen LogP contribution in [0, 0.1) is 0 Å². The summed E-state index contributed by atoms with van der Waals surface area (Å²) in [7, 11) is 0. The Kier molecular flexibility index (Phi) is 4.39. The minimum atomic E-state index is -0.0947. The standard InChI is InChI=1S/C30H22N4S/c1-30(2)21-17-16-20(18-26(21)34-25-15-9-8-14-24(25)33-29(34)35-30)28-27(19-10-4-3-5-11-19)31-22-12-6-7-13-23(22)32-28/h3-18H,1-2H3. The van der Waals surface area contributed by atoms with E-state index in [1.807, 2.05) is 60.3 Å². The maximum Gasteiger partial charge on any atom is 0.174 e. The summed E-state index contributed by atoms with van der Waals surface area (Å²) in [4.78, 5) is 15.1. The molecule has 0 unspecified atom stereocenters. The molecule has 1 aliphatic heterocycles. The molecule has 6 aromatic rings. The van der Waals surface area contributed by atoms with Gasteiger partial charge in [0.25, 0.3) is 0 Å². The van der Waals surface area contributed by atoms with Gasteiger partial charge in [-0.25, -0.2) is 15.0 Å². The van der Waals surface area contributed by atoms with Gasteiger partial charge >= 0.3 is 0 Å². The summed E-state index contributed by atoms with van der Waals surface area (Å²) in [6, 6.07) is 33.5. The number of imidazole rings is 1. The Morgan fingerprint density at radius 3 is 2.00 bits per heavy atom. The number of hydrogen-bond donors (Lipinski definition) is 0. The smallest absolute Gasteiger partial charge is 0.174 e. The molecule has 0 radical (unpaired) electrons. The second kappa shape index (κ2) is 7.52. The molecular weight excluding hydrogens is 448 g/mol. The van der Waals surface area contributed by atoms with Gasteiger partial charge in [0.1, 0.15) is 0 Å². The SMILES string of the molecule is CC1(C)Sc2nc3ccccc3n2-c2cc(-c3nc4ccccc4nc3-c3ccccc3)ccc21. The fourth-order valence-electron chi connectivity index (χ4n) is 4.96. The molecule has 4 nitrogen and oxygen atoms in total. The molecule has 1 aliphatic rings. The van der Waals surface area contributed by atoms with Crippen LogP contribution in [0.4, 0.5) is 0 Å². The van der Waals surface area contributed by atoms with Crippen LogP contribution in [0.1, 0.15) is 19.4 Å². The first-order valence-electron chi connectivity index (χ1n) is 11.7. The number of fused-ring (bicyclic) bond motifs is 6. The van der Waals surface area contributed by atoms with E-state index in [-0.39, 0.29) is 4.75 Å². The van der Waals surface area contributed by atoms with Crippen molar-refractivity contribution in [3.63, 3.8) is 0 Å². The predicted octanol–water partition coefficient (Wildman–Crippen LogP) is 7.64. The lowest BCUT2D eigenvalue weighted by molar-refractivity contribution is 0.729. The highest BCUT2D eigenvalue weighted by molar-refractivity contribution is 8.00. The minimum Gasteiger partial charge on any atom is -0.287 e. The molecule has 0 aliphatic carbocycles. The maximum atomic E-state index is 5.12. The fraction of sp³-hybridized carbons (Fsp3) is 0.100. The summed E-state index contributed by atoms with van der Waals surface area (Å²) in [6.07, 6.45) is 0. The number of hydrogen-bond acceptors (Lipinski definition) is 4. The van der Waals surface area contributed by atoms with Gasteiger partial charge in [-0.15, -0.1) is 0 Å². The van der Waals surface area contributed by atoms with Gasteiger partial charge in [-0.05, 0) is 49.7 Å². The van der Waals surface area contributed by atoms with Crippen molar-refractivity contribution in [2.75, 3.05) is 0 Å². The Balaban J connectivity index is 1.52. The lowest BCUT2D eigenvalue weighted by atomic mass is 9.95. The van der Waals surface area contributed by atoms with E-state index in [4.69, 9.17) is 15.0 Å². The van der Waals surface area contributed by atoms with E-state index in [2.05, 4.69) is 66.9 Å². The molecule has 7 rings (SSSR count). The van der Waals surface area contributed by atoms with Gasteiger partial charge in [0, 0.05) is 15.9 Å². The molecule has 5 heteroatoms. The minimum absolute atomic E-state index is 0.0947. The third-order valence-corrected chi connectivity index (χ3v) is 7.84. The van der Waals surface area contributed by atoms with Crippen LogP contribution in [0.15, 0.2) is 102 Å². The summed E-state index contributed by atoms with van der Waals surface area (Å²) < 4.78 is 2.20. The van der Waals surface area contributed by atoms with E-state index in [9.17, 15) is 0 Å². The largest absolute Gasteiger partial charge is 0.287 e. The second-order valence-corrected chi connectivity index (χ2v) is 10.9. The van der Waals surface area contributed by atoms with E-state index < -0.39 is 0 Å². The first-order chi connectivity index (χ1) is 17.1. The van der Waals surface area contributed by atoms with Crippen molar-refractivity contribution in [3.8, 4) is 28.2 Å². The third kappa shape index (κ3) is 3.19. The van der Waals surface area contributed by atoms with Crippen LogP contribution >= 0.6 is 11.8 Å². The van der Waals surface area contributed by atoms with Gasteiger partial charge in [-0.1, -0.05) is 78.5 Å². The van der Waals surface area contributed by atoms with Crippen LogP contribution in [0.25, 0.3) is 50.3 Å². The molecule has 168 valence electrons. The topological polar surface area (TPSA) is 43.6 Å². The highest BCUT2D eigenvalue weighted by atomic mass is 32.2. The molecule has 0 fully saturated rings. The Bertz CT molecular complexity index is 1750. The predicted molar refractivity (Wildman–Crippen MR) is 144 cm³/mol. The number of aromatic nitrogens is 4. The fourth-order valence-corrected chi connectivity index (χ4v) is 6.13. The van der Waals surface area contributed by atoms with Gasteiger partial charge in [0.2, 0.25) is 0 Å². The van der Waals surface area contributed by atoms with Crippen LogP contribution in [0.2, 0.25) is 0 Å². The van der Waals surface area contributed by atoms with Crippen molar-refractivity contribution >= 4 is 33.8 Å². The molecule has 0 bridgehead atoms. The van der Waals surface area contributed by atoms with Gasteiger partial charge in [-0.3, -0.25) is 4.57 Å². The summed E-state index contributed by atoms with van der Waals surface area (Å²) in [5.41, 5.74) is 10.3. The summed E-state index contributed by atoms with van der Waals surface area (Å²) >= 11 is 1.81. The molecule has 0 N–H and O–H groups in total. The molecule has 0 amide bonds. The Hall–Kier alpha value is -3.96. The van der Waals surface area contributed by atoms with Crippen LogP contribution < -0.4 is 0 Å². The zero-order valence-corrected chi connectivity index (χ0v) is 20.3. The van der Waals surface area contributed by atoms with Crippen molar-refractivity contribution < 1.29 is 0 Å². The number of thioether (sulfide) groups is 1. The van der Waals surface area contributed by atoms with Crippen LogP contribution in [-0.2, 0) is 4.75 Å². The Labute approximate surface area is 207 Å². The van der Waals surface area contributed by atoms with E-state index in [0.717, 1.165) is 55.4 Å². The zero-order chi connectivity index (χ0) is 23.6. The van der Waals surface area contributed by atoms with E-state index in [1.165, 1.54) is 5.56 Å². The monoisotopic (exact) mass is 470 g/mol. The molecule has 4 aromatic carbocycles. The third-order valence-electron chi connectivity index (χ3n) is 6.65. The average molecular weight is 471 g/mol. The number of para-hydroxylation sites is 4. The second-order valence-electron chi connectivity index (χ2n) is 9.34. The molecule has 0 spiro atoms. The van der Waals surface area contributed by atoms with Gasteiger partial charge in [-0.2, -0.15) is 0 Å². The number of benzene rings is 4. The lowest BCUT2D eigenvalue weighted by Crippen LogP contribution is -2.21. The Morgan fingerprint density at radius 2 is 1.26 bits per heavy atom. The lowest BCUT2D eigenvalue weighted by Gasteiger charge is -2.32. The van der Waals surface area contributed by atoms with Gasteiger partial charge in [0.05, 0.1) is 39.1 Å². The highest BCUT2D eigenvalue weighted by Gasteiger charge is 2.34. The molecule has 3 heterocycles. The molecule has 0 atom stereocenters. The molecule has 0 saturated carbocycles. The van der Waals surface area contributed by atoms with Crippen LogP contribution in [0.3, 0.4) is 0 Å². The van der Waals surface area contributed by atoms with Crippen LogP contribution in [0.5, 0.6) is 0 Å². The summed E-state index contributed by atoms with van der Waals surface area (Å²) in [5.74, 6) is 0. The van der Waals surface area contributed by atoms with Crippen molar-refractivity contribution in [1.82, 2.24) is 19.5 Å². The summed E-state index contributed by atoms with van der Waals surface area (Å²) in [6.45, 7) is 4.54. The van der Waals surface area contributed by atoms with Crippen molar-refractivity contribution in [2.45, 2.75) is 23.8 Å². The molecule has 35 heavy (non-hydrogen) atoms. The van der Waals surface area contributed by atoms with Crippen LogP contribution in [-0.4, -0.2) is 19.5 Å². The Morgan fingerprint density at radius 1 is 0.629 bits per heavy atom. The number of nitrogens with zero attached hydrogens (tertiary/aromatic N) is 4. The average Bonchev–Trinajstić information content (AvgIpc) is 3.25. The quantitative estimate of drug-likeness (QED) is 0.261. The van der Waals surface area contributed by atoms with E-state index in [1.54, 1.807) is 0 Å². The van der Waals surface area contributed by atoms with Crippen molar-refractivity contribution in [1.29, 1.82) is 0 Å². The zero-order valence-electron chi connectivity index (χ0n) is 19.4. The number of rotatable bonds is 2. The van der Waals surface area contributed by atoms with Crippen molar-refractivity contribution in [2.24, 2.45) is 0 Å². The van der Waals surface area contributed by atoms with Gasteiger partial charge in [0.15, 0.2) is 5.16 Å². The highest BCUT2D eigenvalue weighted by Crippen LogP contribution is 2.50. The molecule has 0 saturated heterocycles. The van der Waals surface area contributed by atoms with Gasteiger partial charge < -0.3 is 0 Å². The van der Waals surface area contributed by atoms with E-state index in [0.29, 0.717) is 0 Å². The maximum absolute atomic E-state index is 5.12. The van der Waals surface area contributed by atoms with Crippen molar-refractivity contribution in [3.05, 3.63) is 103 Å². The molecule has 2 aromatic heterocycles. The van der Waals surface area contributed by atoms with E-state index >= 15 is 0 Å². The normalized spacial score (nSPS) is 14.1. The first kappa shape index (κ1) is 20.4. The summed E-state index contributed by atoms with van der Waals surface area (Å²) in [5, 5.41) is 1.02.